The molecule has 2 N–H and O–H groups in total. The number of carbonyl (C=O) groups excluding carboxylic acids is 1. The first-order chi connectivity index (χ1) is 10.2. The Balaban J connectivity index is 3.00. The number of nitrogens with one attached hydrogen (secondary N) is 1. The Labute approximate surface area is 134 Å². The fourth-order valence-electron chi connectivity index (χ4n) is 1.95. The summed E-state index contributed by atoms with van der Waals surface area (Å²) in [6.45, 7) is 4.82. The average Bonchev–Trinajstić information content (AvgIpc) is 2.42. The summed E-state index contributed by atoms with van der Waals surface area (Å²) in [4.78, 5) is 23.6. The largest absolute Gasteiger partial charge is 0.480 e. The predicted molar refractivity (Wildman–Crippen MR) is 83.4 cm³/mol. The molecular formula is C16H19ClFNO3. The zero-order chi connectivity index (χ0) is 16.9. The number of carbonyl (C=O) groups is 2. The van der Waals surface area contributed by atoms with Gasteiger partial charge in [-0.1, -0.05) is 29.8 Å². The Morgan fingerprint density at radius 3 is 2.59 bits per heavy atom. The van der Waals surface area contributed by atoms with E-state index in [1.54, 1.807) is 19.1 Å². The van der Waals surface area contributed by atoms with Crippen LogP contribution in [0, 0.1) is 5.82 Å². The van der Waals surface area contributed by atoms with Crippen molar-refractivity contribution in [1.29, 1.82) is 0 Å². The van der Waals surface area contributed by atoms with E-state index in [-0.39, 0.29) is 17.0 Å². The van der Waals surface area contributed by atoms with Gasteiger partial charge in [-0.3, -0.25) is 4.79 Å². The minimum atomic E-state index is -1.22. The Hall–Kier alpha value is -1.88. The lowest BCUT2D eigenvalue weighted by Gasteiger charge is -2.26. The molecule has 0 aromatic heterocycles. The van der Waals surface area contributed by atoms with Crippen LogP contribution in [-0.2, 0) is 15.0 Å². The maximum atomic E-state index is 14.0. The Kier molecular flexibility index (Phi) is 6.11. The SMILES string of the molecule is C/C=C/CC(NC(=O)C(C)(C)c1ccc(Cl)cc1F)C(=O)O. The molecule has 0 saturated carbocycles. The molecule has 0 fully saturated rings. The van der Waals surface area contributed by atoms with Crippen LogP contribution < -0.4 is 5.32 Å². The van der Waals surface area contributed by atoms with Crippen molar-refractivity contribution in [2.45, 2.75) is 38.6 Å². The third kappa shape index (κ3) is 4.31. The highest BCUT2D eigenvalue weighted by Gasteiger charge is 2.34. The van der Waals surface area contributed by atoms with Crippen LogP contribution in [0.2, 0.25) is 5.02 Å². The van der Waals surface area contributed by atoms with Crippen LogP contribution in [0.4, 0.5) is 4.39 Å². The number of halogens is 2. The molecule has 1 unspecified atom stereocenters. The van der Waals surface area contributed by atoms with E-state index in [1.807, 2.05) is 0 Å². The van der Waals surface area contributed by atoms with Crippen molar-refractivity contribution in [3.63, 3.8) is 0 Å². The quantitative estimate of drug-likeness (QED) is 0.788. The average molecular weight is 328 g/mol. The first-order valence-electron chi connectivity index (χ1n) is 6.80. The fraction of sp³-hybridized carbons (Fsp3) is 0.375. The highest BCUT2D eigenvalue weighted by Crippen LogP contribution is 2.28. The summed E-state index contributed by atoms with van der Waals surface area (Å²) < 4.78 is 14.0. The van der Waals surface area contributed by atoms with E-state index in [0.29, 0.717) is 0 Å². The molecule has 1 amide bonds. The van der Waals surface area contributed by atoms with E-state index in [9.17, 15) is 14.0 Å². The summed E-state index contributed by atoms with van der Waals surface area (Å²) in [6.07, 6.45) is 3.51. The van der Waals surface area contributed by atoms with Gasteiger partial charge in [-0.05, 0) is 39.3 Å². The highest BCUT2D eigenvalue weighted by molar-refractivity contribution is 6.30. The summed E-state index contributed by atoms with van der Waals surface area (Å²) in [5.74, 6) is -2.31. The van der Waals surface area contributed by atoms with E-state index in [4.69, 9.17) is 16.7 Å². The molecule has 0 radical (unpaired) electrons. The number of allylic oxidation sites excluding steroid dienone is 1. The van der Waals surface area contributed by atoms with Crippen LogP contribution in [0.25, 0.3) is 0 Å². The molecule has 0 bridgehead atoms. The van der Waals surface area contributed by atoms with Gasteiger partial charge in [-0.2, -0.15) is 0 Å². The maximum Gasteiger partial charge on any atom is 0.326 e. The van der Waals surface area contributed by atoms with Crippen LogP contribution in [0.15, 0.2) is 30.4 Å². The second-order valence-corrected chi connectivity index (χ2v) is 5.85. The third-order valence-corrected chi connectivity index (χ3v) is 3.62. The van der Waals surface area contributed by atoms with Crippen molar-refractivity contribution in [1.82, 2.24) is 5.32 Å². The van der Waals surface area contributed by atoms with E-state index in [0.717, 1.165) is 6.07 Å². The van der Waals surface area contributed by atoms with E-state index in [2.05, 4.69) is 5.32 Å². The fourth-order valence-corrected chi connectivity index (χ4v) is 2.11. The first kappa shape index (κ1) is 18.2. The molecule has 6 heteroatoms. The summed E-state index contributed by atoms with van der Waals surface area (Å²) in [5, 5.41) is 11.8. The second-order valence-electron chi connectivity index (χ2n) is 5.42. The lowest BCUT2D eigenvalue weighted by molar-refractivity contribution is -0.142. The number of carboxylic acids is 1. The zero-order valence-electron chi connectivity index (χ0n) is 12.7. The van der Waals surface area contributed by atoms with Gasteiger partial charge in [0.15, 0.2) is 0 Å². The van der Waals surface area contributed by atoms with Crippen LogP contribution in [-0.4, -0.2) is 23.0 Å². The molecule has 4 nitrogen and oxygen atoms in total. The normalized spacial score (nSPS) is 13.1. The number of rotatable bonds is 6. The van der Waals surface area contributed by atoms with Gasteiger partial charge in [0, 0.05) is 10.6 Å². The van der Waals surface area contributed by atoms with E-state index < -0.39 is 29.2 Å². The minimum absolute atomic E-state index is 0.157. The molecule has 0 aliphatic rings. The standard InChI is InChI=1S/C16H19ClFNO3/c1-4-5-6-13(14(20)21)19-15(22)16(2,3)11-8-7-10(17)9-12(11)18/h4-5,7-9,13H,6H2,1-3H3,(H,19,22)(H,20,21)/b5-4+. The van der Waals surface area contributed by atoms with Crippen molar-refractivity contribution in [2.24, 2.45) is 0 Å². The van der Waals surface area contributed by atoms with Gasteiger partial charge >= 0.3 is 5.97 Å². The molecule has 0 aliphatic carbocycles. The lowest BCUT2D eigenvalue weighted by Crippen LogP contribution is -2.48. The minimum Gasteiger partial charge on any atom is -0.480 e. The second kappa shape index (κ2) is 7.40. The molecule has 1 rings (SSSR count). The Bertz CT molecular complexity index is 599. The molecule has 0 spiro atoms. The van der Waals surface area contributed by atoms with Gasteiger partial charge in [-0.15, -0.1) is 0 Å². The smallest absolute Gasteiger partial charge is 0.326 e. The van der Waals surface area contributed by atoms with Crippen molar-refractivity contribution in [2.75, 3.05) is 0 Å². The Morgan fingerprint density at radius 1 is 1.45 bits per heavy atom. The predicted octanol–water partition coefficient (Wildman–Crippen LogP) is 3.29. The number of benzene rings is 1. The van der Waals surface area contributed by atoms with Crippen molar-refractivity contribution in [3.8, 4) is 0 Å². The van der Waals surface area contributed by atoms with Crippen LogP contribution >= 0.6 is 11.6 Å². The summed E-state index contributed by atoms with van der Waals surface area (Å²) in [7, 11) is 0. The molecular weight excluding hydrogens is 309 g/mol. The molecule has 22 heavy (non-hydrogen) atoms. The topological polar surface area (TPSA) is 66.4 Å². The molecule has 0 heterocycles. The molecule has 1 aromatic rings. The van der Waals surface area contributed by atoms with Gasteiger partial charge < -0.3 is 10.4 Å². The summed E-state index contributed by atoms with van der Waals surface area (Å²) in [5.41, 5.74) is -1.07. The van der Waals surface area contributed by atoms with E-state index in [1.165, 1.54) is 26.0 Å². The van der Waals surface area contributed by atoms with Crippen LogP contribution in [0.3, 0.4) is 0 Å². The van der Waals surface area contributed by atoms with Gasteiger partial charge in [-0.25, -0.2) is 9.18 Å². The molecule has 1 atom stereocenters. The number of amides is 1. The summed E-state index contributed by atoms with van der Waals surface area (Å²) >= 11 is 5.70. The van der Waals surface area contributed by atoms with Gasteiger partial charge in [0.2, 0.25) is 5.91 Å². The molecule has 0 saturated heterocycles. The number of aliphatic carboxylic acids is 1. The zero-order valence-corrected chi connectivity index (χ0v) is 13.4. The van der Waals surface area contributed by atoms with Crippen LogP contribution in [0.1, 0.15) is 32.8 Å². The number of carboxylic acid groups (broad SMARTS) is 1. The van der Waals surface area contributed by atoms with Crippen molar-refractivity contribution < 1.29 is 19.1 Å². The van der Waals surface area contributed by atoms with Gasteiger partial charge in [0.25, 0.3) is 0 Å². The maximum absolute atomic E-state index is 14.0. The highest BCUT2D eigenvalue weighted by atomic mass is 35.5. The van der Waals surface area contributed by atoms with E-state index >= 15 is 0 Å². The van der Waals surface area contributed by atoms with Crippen LogP contribution in [0.5, 0.6) is 0 Å². The van der Waals surface area contributed by atoms with Crippen molar-refractivity contribution >= 4 is 23.5 Å². The molecule has 1 aromatic carbocycles. The summed E-state index contributed by atoms with van der Waals surface area (Å²) in [6, 6.07) is 2.99. The number of hydrogen-bond acceptors (Lipinski definition) is 2. The monoisotopic (exact) mass is 327 g/mol. The third-order valence-electron chi connectivity index (χ3n) is 3.38. The first-order valence-corrected chi connectivity index (χ1v) is 7.18. The Morgan fingerprint density at radius 2 is 2.09 bits per heavy atom. The molecule has 0 aliphatic heterocycles. The van der Waals surface area contributed by atoms with Gasteiger partial charge in [0.05, 0.1) is 5.41 Å². The molecule has 120 valence electrons. The van der Waals surface area contributed by atoms with Gasteiger partial charge in [0.1, 0.15) is 11.9 Å². The lowest BCUT2D eigenvalue weighted by atomic mass is 9.83. The van der Waals surface area contributed by atoms with Crippen molar-refractivity contribution in [3.05, 3.63) is 46.8 Å². The number of hydrogen-bond donors (Lipinski definition) is 2.